The van der Waals surface area contributed by atoms with E-state index in [4.69, 9.17) is 10.3 Å². The lowest BCUT2D eigenvalue weighted by Gasteiger charge is -2.15. The molecule has 0 spiro atoms. The number of nitrogens with one attached hydrogen (secondary N) is 1. The molecule has 1 aromatic carbocycles. The van der Waals surface area contributed by atoms with E-state index in [0.29, 0.717) is 10.8 Å². The van der Waals surface area contributed by atoms with Gasteiger partial charge in [0.25, 0.3) is 0 Å². The summed E-state index contributed by atoms with van der Waals surface area (Å²) in [4.78, 5) is 0. The Hall–Kier alpha value is -1.04. The van der Waals surface area contributed by atoms with E-state index >= 15 is 0 Å². The molecule has 0 saturated heterocycles. The fraction of sp³-hybridized carbons (Fsp3) is 0.429. The number of rotatable bonds is 6. The van der Waals surface area contributed by atoms with Crippen LogP contribution in [0.1, 0.15) is 32.1 Å². The minimum absolute atomic E-state index is 0.0607. The van der Waals surface area contributed by atoms with Gasteiger partial charge >= 0.3 is 0 Å². The fourth-order valence-electron chi connectivity index (χ4n) is 1.80. The Labute approximate surface area is 116 Å². The van der Waals surface area contributed by atoms with Gasteiger partial charge in [-0.3, -0.25) is 5.84 Å². The highest BCUT2D eigenvalue weighted by Gasteiger charge is 2.16. The molecular weight excluding hydrogens is 263 g/mol. The van der Waals surface area contributed by atoms with Gasteiger partial charge in [0, 0.05) is 16.4 Å². The van der Waals surface area contributed by atoms with E-state index in [2.05, 4.69) is 19.3 Å². The maximum atomic E-state index is 13.1. The van der Waals surface area contributed by atoms with Crippen molar-refractivity contribution in [3.63, 3.8) is 0 Å². The Morgan fingerprint density at radius 3 is 2.89 bits per heavy atom. The van der Waals surface area contributed by atoms with Crippen LogP contribution in [0.15, 0.2) is 28.7 Å². The zero-order valence-corrected chi connectivity index (χ0v) is 12.0. The number of hydrogen-bond acceptors (Lipinski definition) is 4. The van der Waals surface area contributed by atoms with Crippen molar-refractivity contribution in [1.82, 2.24) is 5.43 Å². The van der Waals surface area contributed by atoms with Crippen LogP contribution < -0.4 is 11.3 Å². The number of furan rings is 1. The van der Waals surface area contributed by atoms with Crippen LogP contribution in [-0.4, -0.2) is 11.0 Å². The second-order valence-electron chi connectivity index (χ2n) is 4.60. The third-order valence-corrected chi connectivity index (χ3v) is 4.59. The van der Waals surface area contributed by atoms with Crippen molar-refractivity contribution in [2.45, 2.75) is 31.6 Å². The summed E-state index contributed by atoms with van der Waals surface area (Å²) in [6, 6.07) is 6.30. The molecule has 0 aliphatic rings. The third-order valence-electron chi connectivity index (χ3n) is 3.16. The Bertz CT molecular complexity index is 543. The molecule has 104 valence electrons. The van der Waals surface area contributed by atoms with Crippen molar-refractivity contribution in [1.29, 1.82) is 0 Å². The lowest BCUT2D eigenvalue weighted by molar-refractivity contribution is 0.463. The largest absolute Gasteiger partial charge is 0.459 e. The first-order valence-corrected chi connectivity index (χ1v) is 7.45. The van der Waals surface area contributed by atoms with Gasteiger partial charge in [0.2, 0.25) is 0 Å². The minimum atomic E-state index is -0.258. The van der Waals surface area contributed by atoms with Gasteiger partial charge in [-0.25, -0.2) is 9.82 Å². The van der Waals surface area contributed by atoms with Gasteiger partial charge in [-0.15, -0.1) is 0 Å². The second kappa shape index (κ2) is 6.41. The summed E-state index contributed by atoms with van der Waals surface area (Å²) in [5.41, 5.74) is 3.45. The first-order valence-electron chi connectivity index (χ1n) is 6.40. The highest BCUT2D eigenvalue weighted by atomic mass is 32.2. The predicted molar refractivity (Wildman–Crippen MR) is 78.4 cm³/mol. The Morgan fingerprint density at radius 1 is 1.42 bits per heavy atom. The number of fused-ring (bicyclic) bond motifs is 1. The highest BCUT2D eigenvalue weighted by molar-refractivity contribution is 7.99. The summed E-state index contributed by atoms with van der Waals surface area (Å²) >= 11 is 1.84. The maximum absolute atomic E-state index is 13.1. The molecule has 19 heavy (non-hydrogen) atoms. The monoisotopic (exact) mass is 282 g/mol. The second-order valence-corrected chi connectivity index (χ2v) is 6.07. The van der Waals surface area contributed by atoms with Gasteiger partial charge in [-0.2, -0.15) is 11.8 Å². The third kappa shape index (κ3) is 3.49. The van der Waals surface area contributed by atoms with Crippen molar-refractivity contribution in [2.24, 2.45) is 5.84 Å². The summed E-state index contributed by atoms with van der Waals surface area (Å²) in [5.74, 6) is 6.90. The number of halogens is 1. The summed E-state index contributed by atoms with van der Waals surface area (Å²) < 4.78 is 18.9. The van der Waals surface area contributed by atoms with E-state index in [0.717, 1.165) is 23.3 Å². The number of benzene rings is 1. The quantitative estimate of drug-likeness (QED) is 0.628. The smallest absolute Gasteiger partial charge is 0.134 e. The average Bonchev–Trinajstić information content (AvgIpc) is 2.81. The van der Waals surface area contributed by atoms with Crippen LogP contribution in [0.3, 0.4) is 0 Å². The van der Waals surface area contributed by atoms with Crippen LogP contribution >= 0.6 is 11.8 Å². The topological polar surface area (TPSA) is 51.2 Å². The van der Waals surface area contributed by atoms with Gasteiger partial charge in [-0.05, 0) is 30.7 Å². The molecule has 2 aromatic rings. The molecule has 0 aliphatic carbocycles. The molecule has 0 amide bonds. The van der Waals surface area contributed by atoms with E-state index < -0.39 is 0 Å². The van der Waals surface area contributed by atoms with E-state index in [1.165, 1.54) is 12.1 Å². The fourth-order valence-corrected chi connectivity index (χ4v) is 2.81. The Balaban J connectivity index is 2.16. The Morgan fingerprint density at radius 2 is 2.21 bits per heavy atom. The van der Waals surface area contributed by atoms with Crippen molar-refractivity contribution in [3.8, 4) is 0 Å². The molecule has 0 aliphatic heterocycles. The van der Waals surface area contributed by atoms with Crippen LogP contribution in [0.25, 0.3) is 11.0 Å². The average molecular weight is 282 g/mol. The molecule has 2 rings (SSSR count). The van der Waals surface area contributed by atoms with Gasteiger partial charge in [0.15, 0.2) is 0 Å². The summed E-state index contributed by atoms with van der Waals surface area (Å²) in [7, 11) is 0. The van der Waals surface area contributed by atoms with Crippen molar-refractivity contribution < 1.29 is 8.81 Å². The molecule has 0 saturated carbocycles. The molecule has 3 nitrogen and oxygen atoms in total. The van der Waals surface area contributed by atoms with Gasteiger partial charge < -0.3 is 4.42 Å². The first-order chi connectivity index (χ1) is 9.13. The summed E-state index contributed by atoms with van der Waals surface area (Å²) in [6.45, 7) is 4.35. The molecule has 1 heterocycles. The standard InChI is InChI=1S/C14H19FN2OS/c1-3-9(2)19-8-12(17-16)14-7-10-6-11(15)4-5-13(10)18-14/h4-7,9,12,17H,3,8,16H2,1-2H3. The van der Waals surface area contributed by atoms with Crippen molar-refractivity contribution in [2.75, 3.05) is 5.75 Å². The van der Waals surface area contributed by atoms with E-state index in [9.17, 15) is 4.39 Å². The van der Waals surface area contributed by atoms with E-state index in [-0.39, 0.29) is 11.9 Å². The maximum Gasteiger partial charge on any atom is 0.134 e. The minimum Gasteiger partial charge on any atom is -0.459 e. The molecule has 1 aromatic heterocycles. The molecule has 0 fully saturated rings. The van der Waals surface area contributed by atoms with Crippen LogP contribution in [0.4, 0.5) is 4.39 Å². The number of thioether (sulfide) groups is 1. The van der Waals surface area contributed by atoms with Crippen LogP contribution in [0.5, 0.6) is 0 Å². The van der Waals surface area contributed by atoms with Gasteiger partial charge in [-0.1, -0.05) is 13.8 Å². The lowest BCUT2D eigenvalue weighted by atomic mass is 10.2. The molecule has 2 atom stereocenters. The lowest BCUT2D eigenvalue weighted by Crippen LogP contribution is -2.29. The van der Waals surface area contributed by atoms with Crippen LogP contribution in [0.2, 0.25) is 0 Å². The van der Waals surface area contributed by atoms with Crippen LogP contribution in [0, 0.1) is 5.82 Å². The summed E-state index contributed by atoms with van der Waals surface area (Å²) in [6.07, 6.45) is 1.12. The normalized spacial score (nSPS) is 14.7. The molecule has 3 N–H and O–H groups in total. The summed E-state index contributed by atoms with van der Waals surface area (Å²) in [5, 5.41) is 1.35. The molecular formula is C14H19FN2OS. The Kier molecular flexibility index (Phi) is 4.85. The molecule has 2 unspecified atom stereocenters. The highest BCUT2D eigenvalue weighted by Crippen LogP contribution is 2.27. The van der Waals surface area contributed by atoms with Crippen molar-refractivity contribution in [3.05, 3.63) is 35.8 Å². The van der Waals surface area contributed by atoms with Gasteiger partial charge in [0.05, 0.1) is 6.04 Å². The van der Waals surface area contributed by atoms with Gasteiger partial charge in [0.1, 0.15) is 17.2 Å². The molecule has 0 radical (unpaired) electrons. The SMILES string of the molecule is CCC(C)SCC(NN)c1cc2cc(F)ccc2o1. The van der Waals surface area contributed by atoms with E-state index in [1.54, 1.807) is 6.07 Å². The van der Waals surface area contributed by atoms with E-state index in [1.807, 2.05) is 17.8 Å². The first kappa shape index (κ1) is 14.4. The predicted octanol–water partition coefficient (Wildman–Crippen LogP) is 3.61. The number of hydrogen-bond donors (Lipinski definition) is 2. The zero-order chi connectivity index (χ0) is 13.8. The number of hydrazine groups is 1. The zero-order valence-electron chi connectivity index (χ0n) is 11.2. The molecule has 0 bridgehead atoms. The van der Waals surface area contributed by atoms with Crippen molar-refractivity contribution >= 4 is 22.7 Å². The van der Waals surface area contributed by atoms with Crippen LogP contribution in [-0.2, 0) is 0 Å². The number of nitrogens with two attached hydrogens (primary N) is 1. The molecule has 5 heteroatoms.